The lowest BCUT2D eigenvalue weighted by atomic mass is 10.1. The molecule has 3 rings (SSSR count). The molecule has 3 aromatic rings. The van der Waals surface area contributed by atoms with Crippen molar-refractivity contribution in [3.05, 3.63) is 51.0 Å². The van der Waals surface area contributed by atoms with Crippen molar-refractivity contribution in [1.29, 1.82) is 0 Å². The summed E-state index contributed by atoms with van der Waals surface area (Å²) in [6.07, 6.45) is 2.26. The third-order valence-corrected chi connectivity index (χ3v) is 4.76. The number of carbonyl (C=O) groups excluding carboxylic acids is 1. The molecule has 0 saturated heterocycles. The van der Waals surface area contributed by atoms with Crippen LogP contribution in [0.1, 0.15) is 36.1 Å². The molecule has 0 aliphatic carbocycles. The highest BCUT2D eigenvalue weighted by molar-refractivity contribution is 7.15. The number of benzene rings is 1. The highest BCUT2D eigenvalue weighted by Gasteiger charge is 2.17. The molecular weight excluding hydrogens is 355 g/mol. The number of nitrogens with zero attached hydrogens (tertiary/aromatic N) is 3. The second kappa shape index (κ2) is 7.33. The first-order chi connectivity index (χ1) is 12.4. The number of pyridine rings is 1. The van der Waals surface area contributed by atoms with Crippen LogP contribution in [0, 0.1) is 11.7 Å². The molecule has 136 valence electrons. The maximum absolute atomic E-state index is 13.6. The number of amides is 1. The van der Waals surface area contributed by atoms with E-state index in [1.54, 1.807) is 10.6 Å². The largest absolute Gasteiger partial charge is 0.347 e. The van der Waals surface area contributed by atoms with Crippen LogP contribution in [0.15, 0.2) is 29.2 Å². The normalized spacial score (nSPS) is 11.3. The van der Waals surface area contributed by atoms with Gasteiger partial charge in [-0.05, 0) is 31.0 Å². The van der Waals surface area contributed by atoms with E-state index in [9.17, 15) is 14.0 Å². The molecule has 1 amide bonds. The predicted octanol–water partition coefficient (Wildman–Crippen LogP) is 3.46. The van der Waals surface area contributed by atoms with Gasteiger partial charge in [-0.2, -0.15) is 0 Å². The summed E-state index contributed by atoms with van der Waals surface area (Å²) in [6.45, 7) is 6.57. The van der Waals surface area contributed by atoms with Crippen molar-refractivity contribution < 1.29 is 9.18 Å². The van der Waals surface area contributed by atoms with Crippen molar-refractivity contribution >= 4 is 33.3 Å². The Morgan fingerprint density at radius 1 is 1.35 bits per heavy atom. The van der Waals surface area contributed by atoms with Gasteiger partial charge in [-0.15, -0.1) is 10.2 Å². The Bertz CT molecular complexity index is 1030. The summed E-state index contributed by atoms with van der Waals surface area (Å²) >= 11 is 1.28. The fourth-order valence-electron chi connectivity index (χ4n) is 2.69. The summed E-state index contributed by atoms with van der Waals surface area (Å²) in [5.74, 6) is -0.661. The minimum atomic E-state index is -0.574. The van der Waals surface area contributed by atoms with Crippen LogP contribution in [-0.2, 0) is 13.0 Å². The van der Waals surface area contributed by atoms with E-state index in [1.165, 1.54) is 23.6 Å². The number of anilines is 1. The molecule has 1 N–H and O–H groups in total. The summed E-state index contributed by atoms with van der Waals surface area (Å²) in [7, 11) is 0. The van der Waals surface area contributed by atoms with Crippen molar-refractivity contribution in [2.75, 3.05) is 5.32 Å². The molecule has 0 fully saturated rings. The molecule has 0 saturated carbocycles. The average molecular weight is 374 g/mol. The van der Waals surface area contributed by atoms with Gasteiger partial charge in [0.1, 0.15) is 16.4 Å². The van der Waals surface area contributed by atoms with Gasteiger partial charge in [-0.1, -0.05) is 25.2 Å². The smallest absolute Gasteiger partial charge is 0.262 e. The Morgan fingerprint density at radius 3 is 2.81 bits per heavy atom. The minimum absolute atomic E-state index is 0.0504. The molecule has 0 aliphatic rings. The summed E-state index contributed by atoms with van der Waals surface area (Å²) in [6, 6.07) is 4.00. The number of halogens is 1. The summed E-state index contributed by atoms with van der Waals surface area (Å²) in [5, 5.41) is 12.0. The van der Waals surface area contributed by atoms with Gasteiger partial charge >= 0.3 is 0 Å². The van der Waals surface area contributed by atoms with Crippen LogP contribution >= 0.6 is 11.3 Å². The first-order valence-corrected chi connectivity index (χ1v) is 9.17. The van der Waals surface area contributed by atoms with Gasteiger partial charge in [-0.25, -0.2) is 4.39 Å². The molecule has 2 heterocycles. The zero-order valence-corrected chi connectivity index (χ0v) is 15.6. The number of nitrogens with one attached hydrogen (secondary N) is 1. The van der Waals surface area contributed by atoms with E-state index in [1.807, 2.05) is 6.92 Å². The van der Waals surface area contributed by atoms with E-state index >= 15 is 0 Å². The Kier molecular flexibility index (Phi) is 5.13. The maximum atomic E-state index is 13.6. The monoisotopic (exact) mass is 374 g/mol. The SMILES string of the molecule is CCn1cc(C(=O)Nc2nnc(CC(C)C)s2)c(=O)c2cc(F)ccc21. The summed E-state index contributed by atoms with van der Waals surface area (Å²) in [5.41, 5.74) is 0.0322. The first-order valence-electron chi connectivity index (χ1n) is 8.35. The van der Waals surface area contributed by atoms with E-state index < -0.39 is 17.2 Å². The van der Waals surface area contributed by atoms with E-state index in [0.29, 0.717) is 23.1 Å². The quantitative estimate of drug-likeness (QED) is 0.742. The minimum Gasteiger partial charge on any atom is -0.347 e. The molecule has 0 atom stereocenters. The highest BCUT2D eigenvalue weighted by Crippen LogP contribution is 2.19. The van der Waals surface area contributed by atoms with Gasteiger partial charge < -0.3 is 4.57 Å². The molecule has 1 aromatic carbocycles. The third kappa shape index (κ3) is 3.65. The van der Waals surface area contributed by atoms with Crippen molar-refractivity contribution in [1.82, 2.24) is 14.8 Å². The molecule has 0 spiro atoms. The number of hydrogen-bond donors (Lipinski definition) is 1. The number of carbonyl (C=O) groups is 1. The van der Waals surface area contributed by atoms with E-state index in [0.717, 1.165) is 17.5 Å². The fourth-order valence-corrected chi connectivity index (χ4v) is 3.64. The van der Waals surface area contributed by atoms with Crippen LogP contribution in [0.4, 0.5) is 9.52 Å². The van der Waals surface area contributed by atoms with Crippen molar-refractivity contribution in [2.24, 2.45) is 5.92 Å². The van der Waals surface area contributed by atoms with Gasteiger partial charge in [0.05, 0.1) is 5.52 Å². The van der Waals surface area contributed by atoms with Gasteiger partial charge in [0, 0.05) is 24.5 Å². The van der Waals surface area contributed by atoms with Crippen LogP contribution < -0.4 is 10.7 Å². The molecule has 0 radical (unpaired) electrons. The van der Waals surface area contributed by atoms with Gasteiger partial charge in [0.2, 0.25) is 10.6 Å². The predicted molar refractivity (Wildman–Crippen MR) is 100 cm³/mol. The Hall–Kier alpha value is -2.61. The number of fused-ring (bicyclic) bond motifs is 1. The molecule has 0 unspecified atom stereocenters. The van der Waals surface area contributed by atoms with Crippen LogP contribution in [0.5, 0.6) is 0 Å². The van der Waals surface area contributed by atoms with Gasteiger partial charge in [-0.3, -0.25) is 14.9 Å². The molecule has 26 heavy (non-hydrogen) atoms. The molecule has 0 aliphatic heterocycles. The number of aryl methyl sites for hydroxylation is 1. The van der Waals surface area contributed by atoms with Crippen molar-refractivity contribution in [3.63, 3.8) is 0 Å². The fraction of sp³-hybridized carbons (Fsp3) is 0.333. The Morgan fingerprint density at radius 2 is 2.12 bits per heavy atom. The second-order valence-electron chi connectivity index (χ2n) is 6.37. The molecule has 6 nitrogen and oxygen atoms in total. The van der Waals surface area contributed by atoms with Crippen LogP contribution in [0.2, 0.25) is 0 Å². The maximum Gasteiger partial charge on any atom is 0.262 e. The van der Waals surface area contributed by atoms with Crippen molar-refractivity contribution in [3.8, 4) is 0 Å². The van der Waals surface area contributed by atoms with Gasteiger partial charge in [0.25, 0.3) is 5.91 Å². The van der Waals surface area contributed by atoms with E-state index in [-0.39, 0.29) is 10.9 Å². The van der Waals surface area contributed by atoms with Crippen LogP contribution in [0.25, 0.3) is 10.9 Å². The standard InChI is InChI=1S/C18H19FN4O2S/c1-4-23-9-13(16(24)12-8-11(19)5-6-14(12)23)17(25)20-18-22-21-15(26-18)7-10(2)3/h5-6,8-10H,4,7H2,1-3H3,(H,20,22,25). The summed E-state index contributed by atoms with van der Waals surface area (Å²) < 4.78 is 15.3. The molecule has 2 aromatic heterocycles. The van der Waals surface area contributed by atoms with Crippen LogP contribution in [-0.4, -0.2) is 20.7 Å². The van der Waals surface area contributed by atoms with Crippen molar-refractivity contribution in [2.45, 2.75) is 33.7 Å². The second-order valence-corrected chi connectivity index (χ2v) is 7.43. The lowest BCUT2D eigenvalue weighted by Gasteiger charge is -2.11. The number of hydrogen-bond acceptors (Lipinski definition) is 5. The van der Waals surface area contributed by atoms with E-state index in [2.05, 4.69) is 29.4 Å². The molecule has 8 heteroatoms. The average Bonchev–Trinajstić information content (AvgIpc) is 3.01. The van der Waals surface area contributed by atoms with E-state index in [4.69, 9.17) is 0 Å². The Labute approximate surface area is 153 Å². The molecule has 0 bridgehead atoms. The van der Waals surface area contributed by atoms with Crippen LogP contribution in [0.3, 0.4) is 0 Å². The lowest BCUT2D eigenvalue weighted by molar-refractivity contribution is 0.102. The number of aromatic nitrogens is 3. The lowest BCUT2D eigenvalue weighted by Crippen LogP contribution is -2.24. The summed E-state index contributed by atoms with van der Waals surface area (Å²) in [4.78, 5) is 25.2. The first kappa shape index (κ1) is 18.2. The highest BCUT2D eigenvalue weighted by atomic mass is 32.1. The third-order valence-electron chi connectivity index (χ3n) is 3.90. The number of rotatable bonds is 5. The molecular formula is C18H19FN4O2S. The topological polar surface area (TPSA) is 76.9 Å². The zero-order valence-electron chi connectivity index (χ0n) is 14.7. The Balaban J connectivity index is 1.96. The van der Waals surface area contributed by atoms with Gasteiger partial charge in [0.15, 0.2) is 0 Å². The zero-order chi connectivity index (χ0) is 18.8.